The predicted molar refractivity (Wildman–Crippen MR) is 117 cm³/mol. The maximum atomic E-state index is 12.3. The van der Waals surface area contributed by atoms with Crippen LogP contribution in [0.25, 0.3) is 0 Å². The van der Waals surface area contributed by atoms with Gasteiger partial charge in [0, 0.05) is 12.6 Å². The van der Waals surface area contributed by atoms with Gasteiger partial charge in [-0.05, 0) is 43.5 Å². The van der Waals surface area contributed by atoms with Crippen molar-refractivity contribution in [2.75, 3.05) is 6.61 Å². The largest absolute Gasteiger partial charge is 0.493 e. The first-order valence-electron chi connectivity index (χ1n) is 10.4. The molecule has 2 aromatic rings. The maximum absolute atomic E-state index is 12.3. The molecule has 0 bridgehead atoms. The monoisotopic (exact) mass is 424 g/mol. The number of pyridine rings is 1. The minimum absolute atomic E-state index is 0.0415. The summed E-state index contributed by atoms with van der Waals surface area (Å²) in [5.41, 5.74) is 0.450. The van der Waals surface area contributed by atoms with E-state index >= 15 is 0 Å². The van der Waals surface area contributed by atoms with E-state index in [1.54, 1.807) is 24.3 Å². The Kier molecular flexibility index (Phi) is 8.50. The summed E-state index contributed by atoms with van der Waals surface area (Å²) < 4.78 is 6.39. The van der Waals surface area contributed by atoms with Crippen LogP contribution in [0.1, 0.15) is 61.0 Å². The van der Waals surface area contributed by atoms with Gasteiger partial charge in [0.2, 0.25) is 5.88 Å². The number of ether oxygens (including phenoxy) is 1. The SMILES string of the molecule is CCCCC(CC)COC(=O)c1ccc(/N=N/c2c(C)c(C#N)c(=O)n(C)c2O)cc1. The van der Waals surface area contributed by atoms with E-state index < -0.39 is 5.56 Å². The number of rotatable bonds is 9. The molecular weight excluding hydrogens is 396 g/mol. The molecule has 0 aliphatic carbocycles. The van der Waals surface area contributed by atoms with E-state index in [-0.39, 0.29) is 28.7 Å². The Balaban J connectivity index is 2.12. The number of esters is 1. The molecule has 164 valence electrons. The van der Waals surface area contributed by atoms with Crippen LogP contribution in [0.5, 0.6) is 5.88 Å². The van der Waals surface area contributed by atoms with Crippen molar-refractivity contribution in [3.8, 4) is 11.9 Å². The van der Waals surface area contributed by atoms with Crippen molar-refractivity contribution < 1.29 is 14.6 Å². The highest BCUT2D eigenvalue weighted by molar-refractivity contribution is 5.89. The van der Waals surface area contributed by atoms with Crippen LogP contribution in [0.15, 0.2) is 39.3 Å². The van der Waals surface area contributed by atoms with Crippen LogP contribution in [0.4, 0.5) is 11.4 Å². The first-order valence-corrected chi connectivity index (χ1v) is 10.4. The van der Waals surface area contributed by atoms with Crippen molar-refractivity contribution in [2.45, 2.75) is 46.5 Å². The lowest BCUT2D eigenvalue weighted by Crippen LogP contribution is -2.20. The van der Waals surface area contributed by atoms with E-state index in [1.807, 2.05) is 6.07 Å². The van der Waals surface area contributed by atoms with Gasteiger partial charge in [0.1, 0.15) is 11.6 Å². The highest BCUT2D eigenvalue weighted by atomic mass is 16.5. The molecule has 1 N–H and O–H groups in total. The van der Waals surface area contributed by atoms with Crippen LogP contribution in [0.3, 0.4) is 0 Å². The molecule has 8 heteroatoms. The molecule has 1 atom stereocenters. The highest BCUT2D eigenvalue weighted by Crippen LogP contribution is 2.31. The van der Waals surface area contributed by atoms with Gasteiger partial charge in [-0.2, -0.15) is 10.4 Å². The third kappa shape index (κ3) is 5.79. The van der Waals surface area contributed by atoms with Gasteiger partial charge in [-0.25, -0.2) is 4.79 Å². The van der Waals surface area contributed by atoms with Crippen LogP contribution < -0.4 is 5.56 Å². The normalized spacial score (nSPS) is 12.0. The maximum Gasteiger partial charge on any atom is 0.338 e. The lowest BCUT2D eigenvalue weighted by molar-refractivity contribution is 0.0428. The fourth-order valence-electron chi connectivity index (χ4n) is 3.07. The summed E-state index contributed by atoms with van der Waals surface area (Å²) in [7, 11) is 1.35. The Labute approximate surface area is 181 Å². The van der Waals surface area contributed by atoms with Gasteiger partial charge in [0.05, 0.1) is 17.9 Å². The van der Waals surface area contributed by atoms with Crippen molar-refractivity contribution in [2.24, 2.45) is 23.2 Å². The summed E-state index contributed by atoms with van der Waals surface area (Å²) in [6.45, 7) is 6.17. The number of aromatic nitrogens is 1. The average Bonchev–Trinajstić information content (AvgIpc) is 2.78. The average molecular weight is 425 g/mol. The summed E-state index contributed by atoms with van der Waals surface area (Å²) in [5.74, 6) is -0.393. The molecule has 1 aromatic carbocycles. The molecule has 0 saturated carbocycles. The second-order valence-electron chi connectivity index (χ2n) is 7.41. The van der Waals surface area contributed by atoms with Gasteiger partial charge in [0.15, 0.2) is 5.69 Å². The van der Waals surface area contributed by atoms with Gasteiger partial charge in [-0.1, -0.05) is 33.1 Å². The van der Waals surface area contributed by atoms with Gasteiger partial charge < -0.3 is 9.84 Å². The summed E-state index contributed by atoms with van der Waals surface area (Å²) in [5, 5.41) is 27.4. The van der Waals surface area contributed by atoms with E-state index in [4.69, 9.17) is 4.74 Å². The molecule has 31 heavy (non-hydrogen) atoms. The number of aromatic hydroxyl groups is 1. The number of carbonyl (C=O) groups is 1. The van der Waals surface area contributed by atoms with Crippen LogP contribution in [0, 0.1) is 24.2 Å². The molecule has 0 fully saturated rings. The van der Waals surface area contributed by atoms with E-state index in [0.29, 0.717) is 23.8 Å². The summed E-state index contributed by atoms with van der Waals surface area (Å²) >= 11 is 0. The minimum Gasteiger partial charge on any atom is -0.493 e. The standard InChI is InChI=1S/C23H28N4O4/c1-5-7-8-16(6-2)14-31-23(30)17-9-11-18(12-10-17)25-26-20-15(3)19(13-24)21(28)27(4)22(20)29/h9-12,16,29H,5-8,14H2,1-4H3/b26-25+. The predicted octanol–water partition coefficient (Wildman–Crippen LogP) is 5.06. The Morgan fingerprint density at radius 1 is 1.26 bits per heavy atom. The molecule has 0 saturated heterocycles. The smallest absolute Gasteiger partial charge is 0.338 e. The number of hydrogen-bond acceptors (Lipinski definition) is 7. The summed E-state index contributed by atoms with van der Waals surface area (Å²) in [6, 6.07) is 8.23. The second kappa shape index (κ2) is 11.1. The zero-order valence-corrected chi connectivity index (χ0v) is 18.4. The molecule has 8 nitrogen and oxygen atoms in total. The first-order chi connectivity index (χ1) is 14.8. The van der Waals surface area contributed by atoms with E-state index in [2.05, 4.69) is 24.1 Å². The fourth-order valence-corrected chi connectivity index (χ4v) is 3.07. The molecule has 0 radical (unpaired) electrons. The Hall–Kier alpha value is -3.47. The topological polar surface area (TPSA) is 117 Å². The molecule has 1 heterocycles. The van der Waals surface area contributed by atoms with Gasteiger partial charge in [-0.3, -0.25) is 9.36 Å². The highest BCUT2D eigenvalue weighted by Gasteiger charge is 2.17. The van der Waals surface area contributed by atoms with Crippen molar-refractivity contribution in [3.63, 3.8) is 0 Å². The molecule has 1 aromatic heterocycles. The quantitative estimate of drug-likeness (QED) is 0.446. The second-order valence-corrected chi connectivity index (χ2v) is 7.41. The third-order valence-corrected chi connectivity index (χ3v) is 5.25. The number of hydrogen-bond donors (Lipinski definition) is 1. The van der Waals surface area contributed by atoms with E-state index in [9.17, 15) is 20.0 Å². The first kappa shape index (κ1) is 23.8. The number of carbonyl (C=O) groups excluding carboxylic acids is 1. The van der Waals surface area contributed by atoms with Crippen LogP contribution >= 0.6 is 0 Å². The molecule has 0 aliphatic heterocycles. The van der Waals surface area contributed by atoms with Crippen LogP contribution in [0.2, 0.25) is 0 Å². The zero-order chi connectivity index (χ0) is 23.0. The zero-order valence-electron chi connectivity index (χ0n) is 18.4. The van der Waals surface area contributed by atoms with Crippen LogP contribution in [-0.2, 0) is 11.8 Å². The van der Waals surface area contributed by atoms with Crippen LogP contribution in [-0.4, -0.2) is 22.2 Å². The van der Waals surface area contributed by atoms with Crippen molar-refractivity contribution in [3.05, 3.63) is 51.3 Å². The Morgan fingerprint density at radius 2 is 1.94 bits per heavy atom. The molecule has 0 amide bonds. The number of nitrogens with zero attached hydrogens (tertiary/aromatic N) is 4. The Bertz CT molecular complexity index is 1050. The van der Waals surface area contributed by atoms with E-state index in [1.165, 1.54) is 14.0 Å². The molecule has 2 rings (SSSR count). The number of unbranched alkanes of at least 4 members (excludes halogenated alkanes) is 1. The van der Waals surface area contributed by atoms with E-state index in [0.717, 1.165) is 30.3 Å². The Morgan fingerprint density at radius 3 is 2.52 bits per heavy atom. The van der Waals surface area contributed by atoms with Crippen molar-refractivity contribution in [1.29, 1.82) is 5.26 Å². The lowest BCUT2D eigenvalue weighted by atomic mass is 10.0. The molecule has 0 spiro atoms. The summed E-state index contributed by atoms with van der Waals surface area (Å²) in [4.78, 5) is 24.3. The molecule has 0 aliphatic rings. The van der Waals surface area contributed by atoms with Gasteiger partial charge in [-0.15, -0.1) is 5.11 Å². The van der Waals surface area contributed by atoms with Crippen molar-refractivity contribution in [1.82, 2.24) is 4.57 Å². The van der Waals surface area contributed by atoms with Gasteiger partial charge >= 0.3 is 5.97 Å². The fraction of sp³-hybridized carbons (Fsp3) is 0.435. The lowest BCUT2D eigenvalue weighted by Gasteiger charge is -2.14. The summed E-state index contributed by atoms with van der Waals surface area (Å²) in [6.07, 6.45) is 4.26. The number of azo groups is 1. The third-order valence-electron chi connectivity index (χ3n) is 5.25. The molecular formula is C23H28N4O4. The van der Waals surface area contributed by atoms with Crippen molar-refractivity contribution >= 4 is 17.3 Å². The number of nitriles is 1. The number of benzene rings is 1. The molecule has 1 unspecified atom stereocenters. The minimum atomic E-state index is -0.598. The van der Waals surface area contributed by atoms with Gasteiger partial charge in [0.25, 0.3) is 5.56 Å².